The number of hydrogen-bond acceptors (Lipinski definition) is 6. The van der Waals surface area contributed by atoms with Gasteiger partial charge in [0.15, 0.2) is 5.78 Å². The van der Waals surface area contributed by atoms with E-state index in [9.17, 15) is 22.8 Å². The van der Waals surface area contributed by atoms with Crippen LogP contribution in [0.5, 0.6) is 0 Å². The number of anilines is 2. The van der Waals surface area contributed by atoms with Gasteiger partial charge >= 0.3 is 12.1 Å². The van der Waals surface area contributed by atoms with Crippen LogP contribution in [0.25, 0.3) is 0 Å². The second kappa shape index (κ2) is 6.79. The summed E-state index contributed by atoms with van der Waals surface area (Å²) in [7, 11) is 1.13. The van der Waals surface area contributed by atoms with Crippen LogP contribution in [0.3, 0.4) is 0 Å². The Balaban J connectivity index is 3.06. The Bertz CT molecular complexity index is 541. The van der Waals surface area contributed by atoms with Crippen molar-refractivity contribution in [1.82, 2.24) is 0 Å². The van der Waals surface area contributed by atoms with E-state index in [0.29, 0.717) is 0 Å². The van der Waals surface area contributed by atoms with Crippen LogP contribution < -0.4 is 11.1 Å². The zero-order valence-electron chi connectivity index (χ0n) is 11.5. The number of methoxy groups -OCH3 is 1. The number of nitrogen functional groups attached to an aromatic ring is 1. The first-order valence-corrected chi connectivity index (χ1v) is 6.87. The van der Waals surface area contributed by atoms with Crippen LogP contribution in [0.1, 0.15) is 39.8 Å². The molecule has 9 heteroatoms. The summed E-state index contributed by atoms with van der Waals surface area (Å²) >= 11 is 0.859. The lowest BCUT2D eigenvalue weighted by Crippen LogP contribution is -2.15. The molecule has 1 aromatic heterocycles. The summed E-state index contributed by atoms with van der Waals surface area (Å²) in [4.78, 5) is 23.5. The fourth-order valence-electron chi connectivity index (χ4n) is 1.56. The lowest BCUT2D eigenvalue weighted by molar-refractivity contribution is -0.131. The van der Waals surface area contributed by atoms with E-state index in [2.05, 4.69) is 10.1 Å². The molecule has 0 saturated carbocycles. The van der Waals surface area contributed by atoms with Crippen LogP contribution in [0, 0.1) is 0 Å². The summed E-state index contributed by atoms with van der Waals surface area (Å²) in [5.74, 6) is -1.08. The number of carbonyl (C=O) groups excluding carboxylic acids is 2. The minimum absolute atomic E-state index is 0.0618. The molecule has 0 amide bonds. The van der Waals surface area contributed by atoms with Gasteiger partial charge in [-0.25, -0.2) is 4.79 Å². The van der Waals surface area contributed by atoms with Crippen LogP contribution in [0.15, 0.2) is 0 Å². The highest BCUT2D eigenvalue weighted by atomic mass is 32.1. The van der Waals surface area contributed by atoms with Gasteiger partial charge in [0.05, 0.1) is 24.1 Å². The van der Waals surface area contributed by atoms with Crippen LogP contribution >= 0.6 is 11.3 Å². The Kier molecular flexibility index (Phi) is 5.59. The molecule has 3 N–H and O–H groups in total. The second-order valence-corrected chi connectivity index (χ2v) is 5.13. The van der Waals surface area contributed by atoms with Gasteiger partial charge in [0.2, 0.25) is 0 Å². The van der Waals surface area contributed by atoms with E-state index >= 15 is 0 Å². The Morgan fingerprint density at radius 3 is 2.48 bits per heavy atom. The van der Waals surface area contributed by atoms with Gasteiger partial charge in [0.25, 0.3) is 0 Å². The summed E-state index contributed by atoms with van der Waals surface area (Å²) in [5.41, 5.74) is 5.58. The van der Waals surface area contributed by atoms with Crippen molar-refractivity contribution in [2.45, 2.75) is 25.9 Å². The van der Waals surface area contributed by atoms with Gasteiger partial charge in [0, 0.05) is 13.0 Å². The number of ketones is 1. The Labute approximate surface area is 123 Å². The molecule has 0 aliphatic rings. The molecule has 1 aromatic rings. The standard InChI is InChI=1S/C12H15F3N2O3S/c1-3-6(18)9-8(16)7(11(19)20-2)10(21-9)17-5-4-12(13,14)15/h17H,3-5,16H2,1-2H3. The number of nitrogens with one attached hydrogen (secondary N) is 1. The van der Waals surface area contributed by atoms with E-state index in [0.717, 1.165) is 18.4 Å². The molecular weight excluding hydrogens is 309 g/mol. The summed E-state index contributed by atoms with van der Waals surface area (Å²) in [6.45, 7) is 1.20. The number of nitrogens with two attached hydrogens (primary N) is 1. The first kappa shape index (κ1) is 17.3. The number of carbonyl (C=O) groups is 2. The smallest absolute Gasteiger partial charge is 0.390 e. The summed E-state index contributed by atoms with van der Waals surface area (Å²) in [5, 5.41) is 2.60. The van der Waals surface area contributed by atoms with Gasteiger partial charge in [0.1, 0.15) is 10.6 Å². The molecule has 1 rings (SSSR count). The van der Waals surface area contributed by atoms with Gasteiger partial charge in [-0.1, -0.05) is 6.92 Å². The average Bonchev–Trinajstić information content (AvgIpc) is 2.72. The Hall–Kier alpha value is -1.77. The molecule has 118 valence electrons. The zero-order chi connectivity index (χ0) is 16.2. The van der Waals surface area contributed by atoms with Crippen LogP contribution in [-0.4, -0.2) is 31.6 Å². The SMILES string of the molecule is CCC(=O)c1sc(NCCC(F)(F)F)c(C(=O)OC)c1N. The van der Waals surface area contributed by atoms with Crippen molar-refractivity contribution in [2.24, 2.45) is 0 Å². The molecule has 21 heavy (non-hydrogen) atoms. The monoisotopic (exact) mass is 324 g/mol. The van der Waals surface area contributed by atoms with Crippen LogP contribution in [0.4, 0.5) is 23.9 Å². The van der Waals surface area contributed by atoms with E-state index in [1.54, 1.807) is 6.92 Å². The fourth-order valence-corrected chi connectivity index (χ4v) is 2.70. The quantitative estimate of drug-likeness (QED) is 0.621. The van der Waals surface area contributed by atoms with Crippen molar-refractivity contribution in [2.75, 3.05) is 24.7 Å². The predicted molar refractivity (Wildman–Crippen MR) is 73.9 cm³/mol. The summed E-state index contributed by atoms with van der Waals surface area (Å²) < 4.78 is 41.0. The second-order valence-electron chi connectivity index (χ2n) is 4.11. The van der Waals surface area contributed by atoms with E-state index in [4.69, 9.17) is 5.73 Å². The van der Waals surface area contributed by atoms with E-state index in [-0.39, 0.29) is 33.3 Å². The maximum Gasteiger partial charge on any atom is 0.390 e. The lowest BCUT2D eigenvalue weighted by atomic mass is 10.2. The number of halogens is 3. The molecule has 1 heterocycles. The van der Waals surface area contributed by atoms with Gasteiger partial charge in [-0.3, -0.25) is 4.79 Å². The van der Waals surface area contributed by atoms with Gasteiger partial charge in [-0.05, 0) is 0 Å². The predicted octanol–water partition coefficient (Wildman–Crippen LogP) is 3.07. The Morgan fingerprint density at radius 1 is 1.38 bits per heavy atom. The first-order chi connectivity index (χ1) is 9.71. The average molecular weight is 324 g/mol. The molecule has 0 spiro atoms. The first-order valence-electron chi connectivity index (χ1n) is 6.05. The number of ether oxygens (including phenoxy) is 1. The van der Waals surface area contributed by atoms with Crippen molar-refractivity contribution < 1.29 is 27.5 Å². The number of hydrogen-bond donors (Lipinski definition) is 2. The summed E-state index contributed by atoms with van der Waals surface area (Å²) in [6, 6.07) is 0. The highest BCUT2D eigenvalue weighted by Gasteiger charge is 2.28. The summed E-state index contributed by atoms with van der Waals surface area (Å²) in [6.07, 6.45) is -5.21. The minimum Gasteiger partial charge on any atom is -0.465 e. The van der Waals surface area contributed by atoms with Crippen molar-refractivity contribution in [3.63, 3.8) is 0 Å². The number of Topliss-reactive ketones (excluding diaryl/α,β-unsaturated/α-hetero) is 1. The molecule has 0 atom stereocenters. The highest BCUT2D eigenvalue weighted by molar-refractivity contribution is 7.19. The normalized spacial score (nSPS) is 11.3. The third kappa shape index (κ3) is 4.35. The maximum atomic E-state index is 12.1. The molecule has 0 aliphatic carbocycles. The van der Waals surface area contributed by atoms with Gasteiger partial charge < -0.3 is 15.8 Å². The largest absolute Gasteiger partial charge is 0.465 e. The Morgan fingerprint density at radius 2 is 2.00 bits per heavy atom. The van der Waals surface area contributed by atoms with Crippen molar-refractivity contribution in [3.05, 3.63) is 10.4 Å². The molecular formula is C12H15F3N2O3S. The minimum atomic E-state index is -4.32. The lowest BCUT2D eigenvalue weighted by Gasteiger charge is -2.08. The zero-order valence-corrected chi connectivity index (χ0v) is 12.3. The molecule has 0 aliphatic heterocycles. The van der Waals surface area contributed by atoms with Crippen LogP contribution in [-0.2, 0) is 4.74 Å². The molecule has 0 bridgehead atoms. The molecule has 0 fully saturated rings. The molecule has 0 unspecified atom stereocenters. The van der Waals surface area contributed by atoms with E-state index in [1.807, 2.05) is 0 Å². The van der Waals surface area contributed by atoms with Crippen LogP contribution in [0.2, 0.25) is 0 Å². The molecule has 0 radical (unpaired) electrons. The van der Waals surface area contributed by atoms with Crippen molar-refractivity contribution >= 4 is 33.8 Å². The third-order valence-electron chi connectivity index (χ3n) is 2.60. The number of alkyl halides is 3. The maximum absolute atomic E-state index is 12.1. The van der Waals surface area contributed by atoms with Crippen molar-refractivity contribution in [1.29, 1.82) is 0 Å². The number of esters is 1. The van der Waals surface area contributed by atoms with E-state index in [1.165, 1.54) is 0 Å². The fraction of sp³-hybridized carbons (Fsp3) is 0.500. The topological polar surface area (TPSA) is 81.4 Å². The van der Waals surface area contributed by atoms with E-state index < -0.39 is 25.1 Å². The third-order valence-corrected chi connectivity index (χ3v) is 3.81. The molecule has 0 saturated heterocycles. The van der Waals surface area contributed by atoms with Gasteiger partial charge in [-0.15, -0.1) is 11.3 Å². The van der Waals surface area contributed by atoms with Gasteiger partial charge in [-0.2, -0.15) is 13.2 Å². The van der Waals surface area contributed by atoms with Crippen molar-refractivity contribution in [3.8, 4) is 0 Å². The highest BCUT2D eigenvalue weighted by Crippen LogP contribution is 2.37. The molecule has 5 nitrogen and oxygen atoms in total. The molecule has 0 aromatic carbocycles. The number of rotatable bonds is 6. The number of thiophene rings is 1.